The maximum absolute atomic E-state index is 11.2. The molecule has 0 aliphatic heterocycles. The van der Waals surface area contributed by atoms with Crippen LogP contribution < -0.4 is 5.09 Å². The second-order valence-corrected chi connectivity index (χ2v) is 4.97. The van der Waals surface area contributed by atoms with Crippen LogP contribution in [0.5, 0.6) is 0 Å². The number of hydrogen-bond acceptors (Lipinski definition) is 3. The van der Waals surface area contributed by atoms with Crippen molar-refractivity contribution in [3.05, 3.63) is 0 Å². The summed E-state index contributed by atoms with van der Waals surface area (Å²) in [6.07, 6.45) is 0.435. The molecule has 4 nitrogen and oxygen atoms in total. The van der Waals surface area contributed by atoms with E-state index in [4.69, 9.17) is 4.74 Å². The Labute approximate surface area is 79.9 Å². The molecule has 0 spiro atoms. The fourth-order valence-corrected chi connectivity index (χ4v) is 1.54. The molecule has 0 aromatic rings. The Bertz CT molecular complexity index is 194. The van der Waals surface area contributed by atoms with E-state index >= 15 is 0 Å². The van der Waals surface area contributed by atoms with Gasteiger partial charge < -0.3 is 9.30 Å². The van der Waals surface area contributed by atoms with Crippen molar-refractivity contribution in [3.8, 4) is 0 Å². The molecule has 1 N–H and O–H groups in total. The van der Waals surface area contributed by atoms with Crippen LogP contribution in [-0.2, 0) is 14.1 Å². The van der Waals surface area contributed by atoms with E-state index in [-0.39, 0.29) is 12.1 Å². The summed E-state index contributed by atoms with van der Waals surface area (Å²) < 4.78 is 16.0. The van der Waals surface area contributed by atoms with Gasteiger partial charge in [0.1, 0.15) is 14.0 Å². The van der Waals surface area contributed by atoms with E-state index in [1.165, 1.54) is 0 Å². The molecule has 0 rings (SSSR count). The largest absolute Gasteiger partial charge is 0.462 e. The SMILES string of the molecule is CC[PH](=O)N[C@@H](C)C(=O)OC(C)C. The van der Waals surface area contributed by atoms with Gasteiger partial charge in [-0.05, 0) is 20.8 Å². The van der Waals surface area contributed by atoms with E-state index in [0.717, 1.165) is 0 Å². The number of rotatable bonds is 5. The van der Waals surface area contributed by atoms with Crippen molar-refractivity contribution >= 4 is 13.9 Å². The van der Waals surface area contributed by atoms with Crippen LogP contribution in [0.4, 0.5) is 0 Å². The molecule has 0 aromatic heterocycles. The molecule has 0 amide bonds. The highest BCUT2D eigenvalue weighted by Gasteiger charge is 2.16. The van der Waals surface area contributed by atoms with E-state index in [9.17, 15) is 9.36 Å². The number of hydrogen-bond donors (Lipinski definition) is 1. The number of carbonyl (C=O) groups is 1. The molecule has 0 saturated carbocycles. The minimum Gasteiger partial charge on any atom is -0.462 e. The third kappa shape index (κ3) is 5.83. The lowest BCUT2D eigenvalue weighted by molar-refractivity contribution is -0.148. The quantitative estimate of drug-likeness (QED) is 0.547. The van der Waals surface area contributed by atoms with Crippen LogP contribution in [-0.4, -0.2) is 24.3 Å². The van der Waals surface area contributed by atoms with Crippen molar-refractivity contribution in [2.24, 2.45) is 0 Å². The Hall–Kier alpha value is -0.340. The van der Waals surface area contributed by atoms with Crippen LogP contribution in [0.15, 0.2) is 0 Å². The number of carbonyl (C=O) groups excluding carboxylic acids is 1. The van der Waals surface area contributed by atoms with Crippen LogP contribution in [0.1, 0.15) is 27.7 Å². The summed E-state index contributed by atoms with van der Waals surface area (Å²) in [5.74, 6) is -0.346. The van der Waals surface area contributed by atoms with Crippen LogP contribution in [0, 0.1) is 0 Å². The van der Waals surface area contributed by atoms with Gasteiger partial charge in [-0.2, -0.15) is 0 Å². The number of ether oxygens (including phenoxy) is 1. The zero-order valence-electron chi connectivity index (χ0n) is 8.59. The Morgan fingerprint density at radius 1 is 1.46 bits per heavy atom. The van der Waals surface area contributed by atoms with E-state index in [1.807, 2.05) is 6.92 Å². The van der Waals surface area contributed by atoms with Crippen molar-refractivity contribution in [2.45, 2.75) is 39.8 Å². The first-order valence-corrected chi connectivity index (χ1v) is 6.08. The molecule has 0 heterocycles. The van der Waals surface area contributed by atoms with Gasteiger partial charge in [-0.25, -0.2) is 0 Å². The molecule has 78 valence electrons. The molecule has 0 fully saturated rings. The second kappa shape index (κ2) is 6.17. The first-order valence-electron chi connectivity index (χ1n) is 4.47. The van der Waals surface area contributed by atoms with Gasteiger partial charge in [-0.3, -0.25) is 9.88 Å². The lowest BCUT2D eigenvalue weighted by atomic mass is 10.4. The Morgan fingerprint density at radius 3 is 2.38 bits per heavy atom. The van der Waals surface area contributed by atoms with E-state index in [1.54, 1.807) is 20.8 Å². The molecule has 13 heavy (non-hydrogen) atoms. The average Bonchev–Trinajstić information content (AvgIpc) is 2.02. The van der Waals surface area contributed by atoms with Gasteiger partial charge in [0.05, 0.1) is 6.10 Å². The molecule has 0 aromatic carbocycles. The maximum atomic E-state index is 11.2. The van der Waals surface area contributed by atoms with Crippen molar-refractivity contribution in [1.29, 1.82) is 0 Å². The summed E-state index contributed by atoms with van der Waals surface area (Å²) in [4.78, 5) is 11.2. The smallest absolute Gasteiger partial charge is 0.323 e. The maximum Gasteiger partial charge on any atom is 0.323 e. The summed E-state index contributed by atoms with van der Waals surface area (Å²) in [5.41, 5.74) is 0. The zero-order valence-corrected chi connectivity index (χ0v) is 9.59. The zero-order chi connectivity index (χ0) is 10.4. The second-order valence-electron chi connectivity index (χ2n) is 3.13. The van der Waals surface area contributed by atoms with E-state index in [2.05, 4.69) is 5.09 Å². The van der Waals surface area contributed by atoms with Gasteiger partial charge in [0.25, 0.3) is 0 Å². The molecule has 0 radical (unpaired) electrons. The third-order valence-corrected chi connectivity index (χ3v) is 2.80. The lowest BCUT2D eigenvalue weighted by Gasteiger charge is -2.14. The van der Waals surface area contributed by atoms with Gasteiger partial charge in [-0.15, -0.1) is 0 Å². The highest BCUT2D eigenvalue weighted by molar-refractivity contribution is 7.42. The highest BCUT2D eigenvalue weighted by Crippen LogP contribution is 2.14. The summed E-state index contributed by atoms with van der Waals surface area (Å²) in [6.45, 7) is 7.04. The topological polar surface area (TPSA) is 55.4 Å². The van der Waals surface area contributed by atoms with Gasteiger partial charge in [0.15, 0.2) is 0 Å². The summed E-state index contributed by atoms with van der Waals surface area (Å²) in [6, 6.07) is -0.478. The molecular formula is C8H18NO3P. The monoisotopic (exact) mass is 207 g/mol. The van der Waals surface area contributed by atoms with Crippen molar-refractivity contribution in [1.82, 2.24) is 5.09 Å². The van der Waals surface area contributed by atoms with Gasteiger partial charge in [-0.1, -0.05) is 6.92 Å². The molecule has 0 aliphatic carbocycles. The van der Waals surface area contributed by atoms with Crippen LogP contribution >= 0.6 is 7.95 Å². The van der Waals surface area contributed by atoms with E-state index in [0.29, 0.717) is 6.16 Å². The molecule has 1 unspecified atom stereocenters. The van der Waals surface area contributed by atoms with Crippen LogP contribution in [0.2, 0.25) is 0 Å². The summed E-state index contributed by atoms with van der Waals surface area (Å²) >= 11 is 0. The Balaban J connectivity index is 3.89. The van der Waals surface area contributed by atoms with Crippen LogP contribution in [0.25, 0.3) is 0 Å². The Kier molecular flexibility index (Phi) is 6.00. The molecule has 0 saturated heterocycles. The predicted octanol–water partition coefficient (Wildman–Crippen LogP) is 1.41. The lowest BCUT2D eigenvalue weighted by Crippen LogP contribution is -2.32. The van der Waals surface area contributed by atoms with Crippen LogP contribution in [0.3, 0.4) is 0 Å². The van der Waals surface area contributed by atoms with E-state index < -0.39 is 14.0 Å². The summed E-state index contributed by atoms with van der Waals surface area (Å²) in [5, 5.41) is 2.71. The highest BCUT2D eigenvalue weighted by atomic mass is 31.1. The summed E-state index contributed by atoms with van der Waals surface area (Å²) in [7, 11) is -1.81. The molecular weight excluding hydrogens is 189 g/mol. The normalized spacial score (nSPS) is 15.5. The molecule has 2 atom stereocenters. The first-order chi connectivity index (χ1) is 5.97. The third-order valence-electron chi connectivity index (χ3n) is 1.40. The first kappa shape index (κ1) is 12.7. The molecule has 5 heteroatoms. The van der Waals surface area contributed by atoms with Gasteiger partial charge in [0, 0.05) is 6.16 Å². The molecule has 0 aliphatic rings. The Morgan fingerprint density at radius 2 is 2.00 bits per heavy atom. The van der Waals surface area contributed by atoms with Crippen molar-refractivity contribution < 1.29 is 14.1 Å². The number of esters is 1. The van der Waals surface area contributed by atoms with Gasteiger partial charge >= 0.3 is 5.97 Å². The standard InChI is InChI=1S/C8H18NO3P/c1-5-13(11)9-7(4)8(10)12-6(2)3/h6-7,13H,5H2,1-4H3,(H,9,11)/t7-/m0/s1. The van der Waals surface area contributed by atoms with Crippen molar-refractivity contribution in [3.63, 3.8) is 0 Å². The van der Waals surface area contributed by atoms with Gasteiger partial charge in [0.2, 0.25) is 0 Å². The minimum atomic E-state index is -1.81. The number of nitrogens with one attached hydrogen (secondary N) is 1. The van der Waals surface area contributed by atoms with Crippen molar-refractivity contribution in [2.75, 3.05) is 6.16 Å². The average molecular weight is 207 g/mol. The predicted molar refractivity (Wildman–Crippen MR) is 53.4 cm³/mol. The minimum absolute atomic E-state index is 0.124. The fraction of sp³-hybridized carbons (Fsp3) is 0.875. The molecule has 0 bridgehead atoms. The fourth-order valence-electron chi connectivity index (χ4n) is 0.737.